The molecule has 0 bridgehead atoms. The minimum absolute atomic E-state index is 0.0491. The van der Waals surface area contributed by atoms with Crippen LogP contribution in [0.3, 0.4) is 0 Å². The van der Waals surface area contributed by atoms with E-state index in [1.165, 1.54) is 0 Å². The van der Waals surface area contributed by atoms with Crippen molar-refractivity contribution in [2.24, 2.45) is 0 Å². The maximum absolute atomic E-state index is 11.4. The quantitative estimate of drug-likeness (QED) is 0.204. The maximum atomic E-state index is 11.4. The van der Waals surface area contributed by atoms with E-state index >= 15 is 0 Å². The second-order valence-electron chi connectivity index (χ2n) is 7.23. The first-order chi connectivity index (χ1) is 13.7. The first-order valence-electron chi connectivity index (χ1n) is 10.3. The van der Waals surface area contributed by atoms with Crippen LogP contribution in [0.25, 0.3) is 0 Å². The van der Waals surface area contributed by atoms with E-state index in [1.54, 1.807) is 13.8 Å². The minimum atomic E-state index is -1.15. The number of rotatable bonds is 16. The molecule has 0 spiro atoms. The van der Waals surface area contributed by atoms with Crippen LogP contribution >= 0.6 is 0 Å². The summed E-state index contributed by atoms with van der Waals surface area (Å²) in [6.45, 7) is 8.73. The van der Waals surface area contributed by atoms with Gasteiger partial charge in [-0.15, -0.1) is 0 Å². The minimum Gasteiger partial charge on any atom is -0.434 e. The molecular weight excluding hydrogens is 416 g/mol. The molecule has 0 saturated heterocycles. The zero-order valence-electron chi connectivity index (χ0n) is 18.1. The van der Waals surface area contributed by atoms with Crippen LogP contribution in [0.2, 0.25) is 25.2 Å². The van der Waals surface area contributed by atoms with Crippen molar-refractivity contribution in [2.45, 2.75) is 63.3 Å². The fourth-order valence-electron chi connectivity index (χ4n) is 2.16. The molecule has 2 N–H and O–H groups in total. The second kappa shape index (κ2) is 17.7. The number of ether oxygens (including phenoxy) is 5. The van der Waals surface area contributed by atoms with Gasteiger partial charge in [-0.1, -0.05) is 25.2 Å². The van der Waals surface area contributed by atoms with Crippen molar-refractivity contribution in [3.63, 3.8) is 0 Å². The number of aliphatic hydroxyl groups is 2. The van der Waals surface area contributed by atoms with Crippen LogP contribution in [-0.4, -0.2) is 91.2 Å². The summed E-state index contributed by atoms with van der Waals surface area (Å²) in [4.78, 5) is 22.7. The lowest BCUT2D eigenvalue weighted by molar-refractivity contribution is 0.00624. The van der Waals surface area contributed by atoms with Gasteiger partial charge in [0.05, 0.1) is 44.0 Å². The SMILES string of the molecule is CC(O)[SiH](C)CCCOC(=O)OCCOCCOC(=O)OCCC[SiH](C)C(C)O. The van der Waals surface area contributed by atoms with Crippen molar-refractivity contribution in [3.8, 4) is 0 Å². The molecule has 9 nitrogen and oxygen atoms in total. The molecular formula is C18H38O9Si2. The molecule has 0 amide bonds. The Morgan fingerprint density at radius 2 is 1.03 bits per heavy atom. The van der Waals surface area contributed by atoms with Crippen molar-refractivity contribution in [2.75, 3.05) is 39.6 Å². The van der Waals surface area contributed by atoms with Crippen molar-refractivity contribution < 1.29 is 43.5 Å². The molecule has 0 aromatic carbocycles. The molecule has 0 fully saturated rings. The molecule has 0 aliphatic carbocycles. The van der Waals surface area contributed by atoms with Gasteiger partial charge in [-0.25, -0.2) is 9.59 Å². The molecule has 29 heavy (non-hydrogen) atoms. The first kappa shape index (κ1) is 27.9. The first-order valence-corrected chi connectivity index (χ1v) is 15.5. The monoisotopic (exact) mass is 454 g/mol. The zero-order chi connectivity index (χ0) is 22.1. The molecule has 0 aromatic heterocycles. The Balaban J connectivity index is 3.43. The van der Waals surface area contributed by atoms with E-state index in [1.807, 2.05) is 0 Å². The highest BCUT2D eigenvalue weighted by molar-refractivity contribution is 6.58. The number of carbonyl (C=O) groups is 2. The third kappa shape index (κ3) is 17.4. The van der Waals surface area contributed by atoms with Gasteiger partial charge in [-0.2, -0.15) is 0 Å². The highest BCUT2D eigenvalue weighted by atomic mass is 28.3. The van der Waals surface area contributed by atoms with Crippen molar-refractivity contribution in [1.82, 2.24) is 0 Å². The van der Waals surface area contributed by atoms with Crippen molar-refractivity contribution >= 4 is 29.9 Å². The van der Waals surface area contributed by atoms with E-state index in [9.17, 15) is 19.8 Å². The highest BCUT2D eigenvalue weighted by Gasteiger charge is 2.12. The topological polar surface area (TPSA) is 121 Å². The third-order valence-electron chi connectivity index (χ3n) is 4.59. The molecule has 4 atom stereocenters. The Morgan fingerprint density at radius 3 is 1.38 bits per heavy atom. The van der Waals surface area contributed by atoms with Gasteiger partial charge < -0.3 is 33.9 Å². The predicted octanol–water partition coefficient (Wildman–Crippen LogP) is 1.64. The van der Waals surface area contributed by atoms with Crippen molar-refractivity contribution in [1.29, 1.82) is 0 Å². The van der Waals surface area contributed by atoms with Crippen LogP contribution in [0.4, 0.5) is 9.59 Å². The summed E-state index contributed by atoms with van der Waals surface area (Å²) < 4.78 is 24.8. The molecule has 0 heterocycles. The number of hydrogen-bond acceptors (Lipinski definition) is 9. The van der Waals surface area contributed by atoms with Crippen LogP contribution in [0, 0.1) is 0 Å². The molecule has 11 heteroatoms. The van der Waals surface area contributed by atoms with Gasteiger partial charge in [0.1, 0.15) is 13.2 Å². The second-order valence-corrected chi connectivity index (χ2v) is 14.2. The number of hydrogen-bond donors (Lipinski definition) is 2. The average Bonchev–Trinajstić information content (AvgIpc) is 2.67. The molecule has 0 rings (SSSR count). The normalized spacial score (nSPS) is 15.1. The van der Waals surface area contributed by atoms with E-state index in [4.69, 9.17) is 23.7 Å². The summed E-state index contributed by atoms with van der Waals surface area (Å²) in [5.74, 6) is 0. The lowest BCUT2D eigenvalue weighted by atomic mass is 10.5. The summed E-state index contributed by atoms with van der Waals surface area (Å²) in [6.07, 6.45) is -0.0435. The van der Waals surface area contributed by atoms with Crippen LogP contribution in [0.5, 0.6) is 0 Å². The maximum Gasteiger partial charge on any atom is 0.508 e. The smallest absolute Gasteiger partial charge is 0.434 e. The predicted molar refractivity (Wildman–Crippen MR) is 114 cm³/mol. The molecule has 0 aliphatic heterocycles. The zero-order valence-corrected chi connectivity index (χ0v) is 20.4. The number of aliphatic hydroxyl groups excluding tert-OH is 2. The third-order valence-corrected chi connectivity index (χ3v) is 10.5. The number of carbonyl (C=O) groups excluding carboxylic acids is 2. The Bertz CT molecular complexity index is 398. The van der Waals surface area contributed by atoms with E-state index in [2.05, 4.69) is 13.1 Å². The largest absolute Gasteiger partial charge is 0.508 e. The van der Waals surface area contributed by atoms with Crippen LogP contribution in [0.1, 0.15) is 26.7 Å². The molecule has 0 aliphatic rings. The summed E-state index contributed by atoms with van der Waals surface area (Å²) in [7, 11) is -2.30. The van der Waals surface area contributed by atoms with Crippen LogP contribution in [-0.2, 0) is 23.7 Å². The Morgan fingerprint density at radius 1 is 0.690 bits per heavy atom. The van der Waals surface area contributed by atoms with Gasteiger partial charge in [-0.05, 0) is 26.7 Å². The van der Waals surface area contributed by atoms with E-state index < -0.39 is 29.9 Å². The highest BCUT2D eigenvalue weighted by Crippen LogP contribution is 2.04. The summed E-state index contributed by atoms with van der Waals surface area (Å²) in [5, 5.41) is 18.8. The standard InChI is InChI=1S/C18H38O9Si2/c1-15(19)28(3)13-5-7-24-17(21)26-11-9-23-10-12-27-18(22)25-8-6-14-29(4)16(2)20/h15-16,19-20,28-29H,5-14H2,1-4H3. The summed E-state index contributed by atoms with van der Waals surface area (Å²) >= 11 is 0. The van der Waals surface area contributed by atoms with Crippen LogP contribution in [0.15, 0.2) is 0 Å². The van der Waals surface area contributed by atoms with Gasteiger partial charge in [0.15, 0.2) is 0 Å². The fraction of sp³-hybridized carbons (Fsp3) is 0.889. The molecule has 0 saturated carbocycles. The average molecular weight is 455 g/mol. The Labute approximate surface area is 176 Å². The molecule has 0 radical (unpaired) electrons. The van der Waals surface area contributed by atoms with Gasteiger partial charge in [0, 0.05) is 11.5 Å². The van der Waals surface area contributed by atoms with Crippen molar-refractivity contribution in [3.05, 3.63) is 0 Å². The van der Waals surface area contributed by atoms with Gasteiger partial charge >= 0.3 is 12.3 Å². The Hall–Kier alpha value is -1.15. The lowest BCUT2D eigenvalue weighted by Gasteiger charge is -2.12. The molecule has 4 unspecified atom stereocenters. The van der Waals surface area contributed by atoms with Crippen LogP contribution < -0.4 is 0 Å². The Kier molecular flexibility index (Phi) is 17.0. The van der Waals surface area contributed by atoms with Gasteiger partial charge in [0.2, 0.25) is 0 Å². The van der Waals surface area contributed by atoms with E-state index in [0.29, 0.717) is 0 Å². The summed E-state index contributed by atoms with van der Waals surface area (Å²) in [6, 6.07) is 1.80. The van der Waals surface area contributed by atoms with E-state index in [-0.39, 0.29) is 51.1 Å². The molecule has 172 valence electrons. The van der Waals surface area contributed by atoms with E-state index in [0.717, 1.165) is 24.9 Å². The lowest BCUT2D eigenvalue weighted by Crippen LogP contribution is -2.24. The summed E-state index contributed by atoms with van der Waals surface area (Å²) in [5.41, 5.74) is -0.480. The fourth-order valence-corrected chi connectivity index (χ4v) is 4.74. The van der Waals surface area contributed by atoms with Gasteiger partial charge in [-0.3, -0.25) is 0 Å². The molecule has 0 aromatic rings. The van der Waals surface area contributed by atoms with Gasteiger partial charge in [0.25, 0.3) is 0 Å².